The molecule has 1 saturated carbocycles. The first kappa shape index (κ1) is 15.7. The van der Waals surface area contributed by atoms with Crippen LogP contribution >= 0.6 is 0 Å². The number of aromatic nitrogens is 4. The Morgan fingerprint density at radius 1 is 1.35 bits per heavy atom. The first-order chi connectivity index (χ1) is 11.1. The molecule has 7 heteroatoms. The predicted molar refractivity (Wildman–Crippen MR) is 85.0 cm³/mol. The van der Waals surface area contributed by atoms with Crippen molar-refractivity contribution in [2.45, 2.75) is 58.8 Å². The molecule has 1 amide bonds. The van der Waals surface area contributed by atoms with E-state index in [9.17, 15) is 4.79 Å². The lowest BCUT2D eigenvalue weighted by Gasteiger charge is -2.05. The van der Waals surface area contributed by atoms with E-state index in [1.807, 2.05) is 6.92 Å². The van der Waals surface area contributed by atoms with Crippen LogP contribution in [0.25, 0.3) is 0 Å². The molecule has 7 nitrogen and oxygen atoms in total. The molecule has 2 heterocycles. The van der Waals surface area contributed by atoms with E-state index in [4.69, 9.17) is 4.52 Å². The number of rotatable bonds is 6. The molecule has 0 aromatic carbocycles. The minimum absolute atomic E-state index is 0.166. The molecule has 0 saturated heterocycles. The topological polar surface area (TPSA) is 96.7 Å². The Morgan fingerprint density at radius 3 is 2.83 bits per heavy atom. The molecular formula is C16H23N5O2. The highest BCUT2D eigenvalue weighted by Crippen LogP contribution is 2.28. The van der Waals surface area contributed by atoms with Gasteiger partial charge in [-0.25, -0.2) is 0 Å². The fourth-order valence-electron chi connectivity index (χ4n) is 3.19. The molecule has 1 aliphatic rings. The third-order valence-electron chi connectivity index (χ3n) is 4.57. The maximum absolute atomic E-state index is 12.1. The minimum atomic E-state index is -0.166. The van der Waals surface area contributed by atoms with Crippen LogP contribution in [0.4, 0.5) is 5.95 Å². The lowest BCUT2D eigenvalue weighted by Crippen LogP contribution is -2.16. The normalized spacial score (nSPS) is 15.2. The van der Waals surface area contributed by atoms with Crippen molar-refractivity contribution in [3.63, 3.8) is 0 Å². The molecule has 2 aromatic heterocycles. The van der Waals surface area contributed by atoms with Crippen LogP contribution in [-0.4, -0.2) is 26.2 Å². The van der Waals surface area contributed by atoms with Crippen molar-refractivity contribution < 1.29 is 9.32 Å². The number of nitrogens with one attached hydrogen (secondary N) is 2. The van der Waals surface area contributed by atoms with Gasteiger partial charge in [-0.05, 0) is 26.2 Å². The monoisotopic (exact) mass is 317 g/mol. The predicted octanol–water partition coefficient (Wildman–Crippen LogP) is 2.71. The maximum Gasteiger partial charge on any atom is 0.248 e. The molecule has 0 aliphatic heterocycles. The summed E-state index contributed by atoms with van der Waals surface area (Å²) >= 11 is 0. The number of hydrogen-bond acceptors (Lipinski definition) is 5. The third kappa shape index (κ3) is 3.97. The van der Waals surface area contributed by atoms with Gasteiger partial charge in [0.05, 0.1) is 12.1 Å². The summed E-state index contributed by atoms with van der Waals surface area (Å²) in [4.78, 5) is 16.4. The Morgan fingerprint density at radius 2 is 2.13 bits per heavy atom. The second-order valence-corrected chi connectivity index (χ2v) is 6.32. The van der Waals surface area contributed by atoms with Crippen molar-refractivity contribution in [2.75, 3.05) is 5.32 Å². The summed E-state index contributed by atoms with van der Waals surface area (Å²) in [6, 6.07) is 0. The maximum atomic E-state index is 12.1. The van der Waals surface area contributed by atoms with Gasteiger partial charge in [-0.1, -0.05) is 30.8 Å². The summed E-state index contributed by atoms with van der Waals surface area (Å²) < 4.78 is 5.06. The molecular weight excluding hydrogens is 294 g/mol. The number of hydrogen-bond donors (Lipinski definition) is 2. The van der Waals surface area contributed by atoms with E-state index < -0.39 is 0 Å². The number of aromatic amines is 1. The van der Waals surface area contributed by atoms with Crippen molar-refractivity contribution in [1.29, 1.82) is 0 Å². The summed E-state index contributed by atoms with van der Waals surface area (Å²) in [6.45, 7) is 3.63. The molecule has 2 N–H and O–H groups in total. The Kier molecular flexibility index (Phi) is 4.73. The number of carbonyl (C=O) groups excluding carboxylic acids is 1. The van der Waals surface area contributed by atoms with Gasteiger partial charge < -0.3 is 4.52 Å². The number of amides is 1. The average molecular weight is 317 g/mol. The smallest absolute Gasteiger partial charge is 0.248 e. The fourth-order valence-corrected chi connectivity index (χ4v) is 3.19. The zero-order valence-corrected chi connectivity index (χ0v) is 13.7. The number of carbonyl (C=O) groups is 1. The molecule has 1 fully saturated rings. The summed E-state index contributed by atoms with van der Waals surface area (Å²) in [5.74, 6) is 2.50. The van der Waals surface area contributed by atoms with Crippen molar-refractivity contribution >= 4 is 11.9 Å². The molecule has 0 spiro atoms. The van der Waals surface area contributed by atoms with E-state index in [1.54, 1.807) is 6.92 Å². The number of nitrogens with zero attached hydrogens (tertiary/aromatic N) is 3. The van der Waals surface area contributed by atoms with Crippen LogP contribution in [0, 0.1) is 19.8 Å². The first-order valence-corrected chi connectivity index (χ1v) is 8.24. The van der Waals surface area contributed by atoms with Gasteiger partial charge in [0.15, 0.2) is 0 Å². The second-order valence-electron chi connectivity index (χ2n) is 6.32. The van der Waals surface area contributed by atoms with Crippen molar-refractivity contribution in [2.24, 2.45) is 5.92 Å². The summed E-state index contributed by atoms with van der Waals surface area (Å²) in [7, 11) is 0. The molecule has 3 rings (SSSR count). The van der Waals surface area contributed by atoms with Gasteiger partial charge in [0.1, 0.15) is 11.6 Å². The van der Waals surface area contributed by atoms with Gasteiger partial charge in [0, 0.05) is 12.0 Å². The number of aryl methyl sites for hydroxylation is 3. The van der Waals surface area contributed by atoms with Crippen LogP contribution in [-0.2, 0) is 17.6 Å². The third-order valence-corrected chi connectivity index (χ3v) is 4.57. The highest BCUT2D eigenvalue weighted by Gasteiger charge is 2.17. The van der Waals surface area contributed by atoms with E-state index in [-0.39, 0.29) is 12.3 Å². The van der Waals surface area contributed by atoms with E-state index in [0.717, 1.165) is 35.8 Å². The van der Waals surface area contributed by atoms with E-state index >= 15 is 0 Å². The van der Waals surface area contributed by atoms with Gasteiger partial charge in [-0.15, -0.1) is 5.10 Å². The fraction of sp³-hybridized carbons (Fsp3) is 0.625. The Labute approximate surface area is 135 Å². The molecule has 124 valence electrons. The van der Waals surface area contributed by atoms with Crippen LogP contribution in [0.5, 0.6) is 0 Å². The lowest BCUT2D eigenvalue weighted by molar-refractivity contribution is -0.115. The Bertz CT molecular complexity index is 650. The Balaban J connectivity index is 1.51. The Hall–Kier alpha value is -2.18. The standard InChI is InChI=1S/C16H23N5O2/c1-10-13(11(2)23-21-10)9-15(22)18-16-17-14(19-20-16)8-7-12-5-3-4-6-12/h12H,3-9H2,1-2H3,(H2,17,18,19,20,22). The van der Waals surface area contributed by atoms with E-state index in [0.29, 0.717) is 11.7 Å². The first-order valence-electron chi connectivity index (χ1n) is 8.24. The SMILES string of the molecule is Cc1noc(C)c1CC(=O)Nc1n[nH]c(CCC2CCCC2)n1. The highest BCUT2D eigenvalue weighted by molar-refractivity contribution is 5.90. The molecule has 0 bridgehead atoms. The van der Waals surface area contributed by atoms with Crippen LogP contribution in [0.3, 0.4) is 0 Å². The number of anilines is 1. The van der Waals surface area contributed by atoms with Crippen LogP contribution in [0.2, 0.25) is 0 Å². The van der Waals surface area contributed by atoms with E-state index in [2.05, 4.69) is 25.7 Å². The quantitative estimate of drug-likeness (QED) is 0.854. The zero-order valence-electron chi connectivity index (χ0n) is 13.7. The van der Waals surface area contributed by atoms with Gasteiger partial charge in [0.2, 0.25) is 11.9 Å². The summed E-state index contributed by atoms with van der Waals surface area (Å²) in [5, 5.41) is 13.5. The van der Waals surface area contributed by atoms with Crippen molar-refractivity contribution in [3.8, 4) is 0 Å². The molecule has 23 heavy (non-hydrogen) atoms. The van der Waals surface area contributed by atoms with Gasteiger partial charge >= 0.3 is 0 Å². The molecule has 1 aliphatic carbocycles. The lowest BCUT2D eigenvalue weighted by atomic mass is 10.0. The van der Waals surface area contributed by atoms with Gasteiger partial charge in [-0.2, -0.15) is 4.98 Å². The summed E-state index contributed by atoms with van der Waals surface area (Å²) in [6.07, 6.45) is 7.60. The van der Waals surface area contributed by atoms with Crippen LogP contribution < -0.4 is 5.32 Å². The molecule has 0 unspecified atom stereocenters. The highest BCUT2D eigenvalue weighted by atomic mass is 16.5. The summed E-state index contributed by atoms with van der Waals surface area (Å²) in [5.41, 5.74) is 1.56. The van der Waals surface area contributed by atoms with Crippen LogP contribution in [0.15, 0.2) is 4.52 Å². The second kappa shape index (κ2) is 6.93. The van der Waals surface area contributed by atoms with Crippen LogP contribution in [0.1, 0.15) is 54.9 Å². The molecule has 2 aromatic rings. The molecule has 0 radical (unpaired) electrons. The average Bonchev–Trinajstić information content (AvgIpc) is 3.24. The van der Waals surface area contributed by atoms with Crippen molar-refractivity contribution in [3.05, 3.63) is 22.8 Å². The largest absolute Gasteiger partial charge is 0.361 e. The van der Waals surface area contributed by atoms with Gasteiger partial charge in [0.25, 0.3) is 0 Å². The minimum Gasteiger partial charge on any atom is -0.361 e. The van der Waals surface area contributed by atoms with Crippen molar-refractivity contribution in [1.82, 2.24) is 20.3 Å². The van der Waals surface area contributed by atoms with Gasteiger partial charge in [-0.3, -0.25) is 15.2 Å². The number of H-pyrrole nitrogens is 1. The molecule has 0 atom stereocenters. The zero-order chi connectivity index (χ0) is 16.2. The van der Waals surface area contributed by atoms with E-state index in [1.165, 1.54) is 25.7 Å².